The minimum atomic E-state index is 1.24. The molecule has 0 bridgehead atoms. The predicted octanol–water partition coefficient (Wildman–Crippen LogP) is 3.15. The van der Waals surface area contributed by atoms with Crippen molar-refractivity contribution in [1.82, 2.24) is 4.90 Å². The van der Waals surface area contributed by atoms with Crippen LogP contribution in [-0.4, -0.2) is 25.0 Å². The van der Waals surface area contributed by atoms with E-state index in [0.29, 0.717) is 0 Å². The van der Waals surface area contributed by atoms with Gasteiger partial charge in [-0.05, 0) is 33.0 Å². The van der Waals surface area contributed by atoms with Crippen LogP contribution in [0.1, 0.15) is 47.0 Å². The summed E-state index contributed by atoms with van der Waals surface area (Å²) < 4.78 is 0. The Bertz CT molecular complexity index is 46.8. The SMILES string of the molecule is CCC.CCCN(C)CCC. The summed E-state index contributed by atoms with van der Waals surface area (Å²) in [4.78, 5) is 2.36. The summed E-state index contributed by atoms with van der Waals surface area (Å²) >= 11 is 0. The van der Waals surface area contributed by atoms with Crippen LogP contribution in [-0.2, 0) is 0 Å². The monoisotopic (exact) mass is 159 g/mol. The van der Waals surface area contributed by atoms with Gasteiger partial charge in [0.15, 0.2) is 0 Å². The normalized spacial score (nSPS) is 9.27. The third kappa shape index (κ3) is 17.8. The molecule has 0 rings (SSSR count). The van der Waals surface area contributed by atoms with Gasteiger partial charge in [-0.15, -0.1) is 0 Å². The van der Waals surface area contributed by atoms with E-state index in [9.17, 15) is 0 Å². The Balaban J connectivity index is 0. The first-order chi connectivity index (χ1) is 5.22. The summed E-state index contributed by atoms with van der Waals surface area (Å²) in [6.45, 7) is 11.2. The summed E-state index contributed by atoms with van der Waals surface area (Å²) in [5.74, 6) is 0. The van der Waals surface area contributed by atoms with Crippen LogP contribution in [0.5, 0.6) is 0 Å². The highest BCUT2D eigenvalue weighted by Crippen LogP contribution is 1.86. The van der Waals surface area contributed by atoms with Crippen LogP contribution in [0.3, 0.4) is 0 Å². The van der Waals surface area contributed by atoms with Crippen molar-refractivity contribution in [1.29, 1.82) is 0 Å². The van der Waals surface area contributed by atoms with Crippen LogP contribution in [0.2, 0.25) is 0 Å². The molecule has 0 aliphatic heterocycles. The van der Waals surface area contributed by atoms with Crippen molar-refractivity contribution in [2.75, 3.05) is 20.1 Å². The van der Waals surface area contributed by atoms with E-state index in [4.69, 9.17) is 0 Å². The molecule has 0 aliphatic rings. The Morgan fingerprint density at radius 3 is 1.27 bits per heavy atom. The second-order valence-corrected chi connectivity index (χ2v) is 3.01. The molecule has 0 aromatic heterocycles. The number of hydrogen-bond donors (Lipinski definition) is 0. The zero-order valence-electron chi connectivity index (χ0n) is 8.98. The Hall–Kier alpha value is -0.0400. The first-order valence-electron chi connectivity index (χ1n) is 4.91. The van der Waals surface area contributed by atoms with E-state index in [1.165, 1.54) is 32.4 Å². The molecule has 0 spiro atoms. The van der Waals surface area contributed by atoms with Gasteiger partial charge < -0.3 is 4.90 Å². The lowest BCUT2D eigenvalue weighted by molar-refractivity contribution is 0.335. The maximum Gasteiger partial charge on any atom is -0.00244 e. The molecule has 0 fully saturated rings. The summed E-state index contributed by atoms with van der Waals surface area (Å²) in [5.41, 5.74) is 0. The van der Waals surface area contributed by atoms with E-state index < -0.39 is 0 Å². The lowest BCUT2D eigenvalue weighted by atomic mass is 10.4. The Morgan fingerprint density at radius 2 is 1.09 bits per heavy atom. The smallest absolute Gasteiger partial charge is 0.00244 e. The second-order valence-electron chi connectivity index (χ2n) is 3.01. The third-order valence-corrected chi connectivity index (χ3v) is 1.21. The van der Waals surface area contributed by atoms with Gasteiger partial charge in [-0.25, -0.2) is 0 Å². The van der Waals surface area contributed by atoms with Gasteiger partial charge >= 0.3 is 0 Å². The molecule has 1 nitrogen and oxygen atoms in total. The average Bonchev–Trinajstić information content (AvgIpc) is 1.90. The van der Waals surface area contributed by atoms with Crippen LogP contribution in [0, 0.1) is 0 Å². The molecule has 0 unspecified atom stereocenters. The van der Waals surface area contributed by atoms with Crippen molar-refractivity contribution in [2.45, 2.75) is 47.0 Å². The molecule has 0 N–H and O–H groups in total. The van der Waals surface area contributed by atoms with Crippen molar-refractivity contribution in [3.05, 3.63) is 0 Å². The highest BCUT2D eigenvalue weighted by atomic mass is 15.1. The Kier molecular flexibility index (Phi) is 15.5. The van der Waals surface area contributed by atoms with E-state index >= 15 is 0 Å². The fourth-order valence-electron chi connectivity index (χ4n) is 0.875. The highest BCUT2D eigenvalue weighted by Gasteiger charge is 1.90. The molecule has 70 valence electrons. The van der Waals surface area contributed by atoms with Gasteiger partial charge in [-0.1, -0.05) is 34.1 Å². The lowest BCUT2D eigenvalue weighted by Crippen LogP contribution is -2.19. The minimum Gasteiger partial charge on any atom is -0.306 e. The van der Waals surface area contributed by atoms with Crippen molar-refractivity contribution in [2.24, 2.45) is 0 Å². The van der Waals surface area contributed by atoms with Crippen molar-refractivity contribution in [3.63, 3.8) is 0 Å². The largest absolute Gasteiger partial charge is 0.306 e. The molecule has 0 aromatic carbocycles. The molecule has 0 aliphatic carbocycles. The maximum atomic E-state index is 2.36. The number of hydrogen-bond acceptors (Lipinski definition) is 1. The molecule has 1 heteroatoms. The third-order valence-electron chi connectivity index (χ3n) is 1.21. The van der Waals surface area contributed by atoms with Crippen molar-refractivity contribution in [3.8, 4) is 0 Å². The molecule has 0 atom stereocenters. The number of rotatable bonds is 4. The average molecular weight is 159 g/mol. The zero-order valence-corrected chi connectivity index (χ0v) is 8.98. The van der Waals surface area contributed by atoms with Crippen molar-refractivity contribution < 1.29 is 0 Å². The summed E-state index contributed by atoms with van der Waals surface area (Å²) in [6.07, 6.45) is 3.80. The molecule has 0 radical (unpaired) electrons. The maximum absolute atomic E-state index is 2.36. The quantitative estimate of drug-likeness (QED) is 0.609. The van der Waals surface area contributed by atoms with Crippen LogP contribution in [0.4, 0.5) is 0 Å². The van der Waals surface area contributed by atoms with Gasteiger partial charge in [0.05, 0.1) is 0 Å². The second kappa shape index (κ2) is 12.6. The zero-order chi connectivity index (χ0) is 9.11. The summed E-state index contributed by atoms with van der Waals surface area (Å²) in [7, 11) is 2.17. The van der Waals surface area contributed by atoms with Gasteiger partial charge in [-0.2, -0.15) is 0 Å². The van der Waals surface area contributed by atoms with E-state index in [2.05, 4.69) is 39.6 Å². The fourth-order valence-corrected chi connectivity index (χ4v) is 0.875. The van der Waals surface area contributed by atoms with Gasteiger partial charge in [0.25, 0.3) is 0 Å². The molecule has 11 heavy (non-hydrogen) atoms. The van der Waals surface area contributed by atoms with E-state index in [-0.39, 0.29) is 0 Å². The van der Waals surface area contributed by atoms with E-state index in [0.717, 1.165) is 0 Å². The molecular formula is C10H25N. The Labute approximate surface area is 72.8 Å². The molecule has 0 saturated carbocycles. The molecule has 0 amide bonds. The van der Waals surface area contributed by atoms with E-state index in [1.54, 1.807) is 0 Å². The van der Waals surface area contributed by atoms with Crippen LogP contribution < -0.4 is 0 Å². The topological polar surface area (TPSA) is 3.24 Å². The number of nitrogens with zero attached hydrogens (tertiary/aromatic N) is 1. The van der Waals surface area contributed by atoms with E-state index in [1.807, 2.05) is 0 Å². The Morgan fingerprint density at radius 1 is 0.818 bits per heavy atom. The van der Waals surface area contributed by atoms with Crippen LogP contribution >= 0.6 is 0 Å². The highest BCUT2D eigenvalue weighted by molar-refractivity contribution is 4.45. The predicted molar refractivity (Wildman–Crippen MR) is 54.0 cm³/mol. The van der Waals surface area contributed by atoms with Crippen molar-refractivity contribution >= 4 is 0 Å². The van der Waals surface area contributed by atoms with Gasteiger partial charge in [-0.3, -0.25) is 0 Å². The van der Waals surface area contributed by atoms with Crippen LogP contribution in [0.25, 0.3) is 0 Å². The minimum absolute atomic E-state index is 1.24. The van der Waals surface area contributed by atoms with Crippen LogP contribution in [0.15, 0.2) is 0 Å². The first-order valence-corrected chi connectivity index (χ1v) is 4.91. The lowest BCUT2D eigenvalue weighted by Gasteiger charge is -2.12. The first kappa shape index (κ1) is 13.5. The molecule has 0 heterocycles. The van der Waals surface area contributed by atoms with Gasteiger partial charge in [0.1, 0.15) is 0 Å². The summed E-state index contributed by atoms with van der Waals surface area (Å²) in [6, 6.07) is 0. The fraction of sp³-hybridized carbons (Fsp3) is 1.00. The van der Waals surface area contributed by atoms with Gasteiger partial charge in [0, 0.05) is 0 Å². The molecular weight excluding hydrogens is 134 g/mol. The van der Waals surface area contributed by atoms with Gasteiger partial charge in [0.2, 0.25) is 0 Å². The molecule has 0 saturated heterocycles. The summed E-state index contributed by atoms with van der Waals surface area (Å²) in [5, 5.41) is 0. The molecule has 0 aromatic rings. The standard InChI is InChI=1S/C7H17N.C3H8/c1-4-6-8(3)7-5-2;1-3-2/h4-7H2,1-3H3;3H2,1-2H3.